The Morgan fingerprint density at radius 2 is 1.85 bits per heavy atom. The largest absolute Gasteiger partial charge is 0.480 e. The van der Waals surface area contributed by atoms with Crippen molar-refractivity contribution in [1.82, 2.24) is 4.90 Å². The van der Waals surface area contributed by atoms with E-state index < -0.39 is 11.6 Å². The van der Waals surface area contributed by atoms with E-state index in [1.807, 2.05) is 25.7 Å². The summed E-state index contributed by atoms with van der Waals surface area (Å²) in [6, 6.07) is 0. The topological polar surface area (TPSA) is 76.1 Å². The summed E-state index contributed by atoms with van der Waals surface area (Å²) < 4.78 is 10.8. The van der Waals surface area contributed by atoms with Gasteiger partial charge in [-0.1, -0.05) is 0 Å². The summed E-state index contributed by atoms with van der Waals surface area (Å²) in [4.78, 5) is 24.0. The zero-order valence-electron chi connectivity index (χ0n) is 12.6. The maximum absolute atomic E-state index is 11.5. The van der Waals surface area contributed by atoms with Gasteiger partial charge in [0.25, 0.3) is 0 Å². The number of rotatable bonds is 6. The van der Waals surface area contributed by atoms with Crippen LogP contribution in [0.1, 0.15) is 40.0 Å². The van der Waals surface area contributed by atoms with E-state index >= 15 is 0 Å². The average Bonchev–Trinajstić information content (AvgIpc) is 2.28. The Hall–Kier alpha value is -1.14. The van der Waals surface area contributed by atoms with E-state index in [2.05, 4.69) is 0 Å². The predicted octanol–water partition coefficient (Wildman–Crippen LogP) is 1.28. The van der Waals surface area contributed by atoms with E-state index in [-0.39, 0.29) is 25.0 Å². The first-order valence-electron chi connectivity index (χ1n) is 7.04. The minimum atomic E-state index is -0.797. The summed E-state index contributed by atoms with van der Waals surface area (Å²) >= 11 is 0. The molecule has 0 amide bonds. The molecule has 1 aliphatic heterocycles. The van der Waals surface area contributed by atoms with Crippen LogP contribution >= 0.6 is 0 Å². The van der Waals surface area contributed by atoms with Crippen molar-refractivity contribution in [1.29, 1.82) is 0 Å². The predicted molar refractivity (Wildman–Crippen MR) is 73.5 cm³/mol. The van der Waals surface area contributed by atoms with Crippen LogP contribution in [0.15, 0.2) is 0 Å². The first kappa shape index (κ1) is 16.9. The van der Waals surface area contributed by atoms with Gasteiger partial charge < -0.3 is 14.6 Å². The zero-order chi connectivity index (χ0) is 15.2. The molecule has 1 N–H and O–H groups in total. The number of aliphatic carboxylic acids is 1. The summed E-state index contributed by atoms with van der Waals surface area (Å²) in [7, 11) is 0. The molecule has 0 unspecified atom stereocenters. The second kappa shape index (κ2) is 7.59. The summed E-state index contributed by atoms with van der Waals surface area (Å²) in [5, 5.41) is 8.70. The number of piperidine rings is 1. The number of ether oxygens (including phenoxy) is 2. The number of carbonyl (C=O) groups is 2. The summed E-state index contributed by atoms with van der Waals surface area (Å²) in [5.41, 5.74) is -0.459. The van der Waals surface area contributed by atoms with E-state index in [4.69, 9.17) is 14.6 Å². The first-order chi connectivity index (χ1) is 9.26. The molecule has 0 bridgehead atoms. The highest BCUT2D eigenvalue weighted by Crippen LogP contribution is 2.14. The molecular formula is C14H25NO5. The molecule has 1 heterocycles. The number of likely N-dealkylation sites (tertiary alicyclic amines) is 1. The van der Waals surface area contributed by atoms with Gasteiger partial charge in [-0.25, -0.2) is 0 Å². The Bertz CT molecular complexity index is 329. The van der Waals surface area contributed by atoms with E-state index in [0.717, 1.165) is 25.9 Å². The molecule has 0 aliphatic carbocycles. The van der Waals surface area contributed by atoms with Crippen molar-refractivity contribution in [2.24, 2.45) is 0 Å². The third-order valence-corrected chi connectivity index (χ3v) is 2.97. The van der Waals surface area contributed by atoms with E-state index in [9.17, 15) is 9.59 Å². The molecule has 0 atom stereocenters. The second-order valence-corrected chi connectivity index (χ2v) is 6.08. The molecule has 0 aromatic rings. The number of nitrogens with zero attached hydrogens (tertiary/aromatic N) is 1. The van der Waals surface area contributed by atoms with Crippen molar-refractivity contribution < 1.29 is 24.2 Å². The van der Waals surface area contributed by atoms with Gasteiger partial charge in [-0.3, -0.25) is 14.5 Å². The van der Waals surface area contributed by atoms with Crippen LogP contribution in [0, 0.1) is 0 Å². The van der Waals surface area contributed by atoms with Crippen LogP contribution in [0.4, 0.5) is 0 Å². The van der Waals surface area contributed by atoms with Crippen molar-refractivity contribution >= 4 is 11.9 Å². The number of carbonyl (C=O) groups excluding carboxylic acids is 1. The fraction of sp³-hybridized carbons (Fsp3) is 0.857. The van der Waals surface area contributed by atoms with Crippen molar-refractivity contribution in [3.63, 3.8) is 0 Å². The minimum absolute atomic E-state index is 0.0879. The summed E-state index contributed by atoms with van der Waals surface area (Å²) in [5.74, 6) is -1.05. The number of carboxylic acids is 1. The van der Waals surface area contributed by atoms with Gasteiger partial charge >= 0.3 is 11.9 Å². The average molecular weight is 287 g/mol. The summed E-state index contributed by atoms with van der Waals surface area (Å²) in [6.07, 6.45) is 1.98. The Morgan fingerprint density at radius 3 is 2.35 bits per heavy atom. The molecule has 1 fully saturated rings. The van der Waals surface area contributed by atoms with E-state index in [1.165, 1.54) is 0 Å². The molecule has 1 saturated heterocycles. The van der Waals surface area contributed by atoms with Crippen LogP contribution in [0.5, 0.6) is 0 Å². The van der Waals surface area contributed by atoms with Gasteiger partial charge in [-0.2, -0.15) is 0 Å². The van der Waals surface area contributed by atoms with Gasteiger partial charge in [0.2, 0.25) is 0 Å². The Kier molecular flexibility index (Phi) is 6.42. The highest BCUT2D eigenvalue weighted by Gasteiger charge is 2.22. The smallest absolute Gasteiger partial charge is 0.317 e. The molecule has 6 nitrogen and oxygen atoms in total. The molecule has 116 valence electrons. The van der Waals surface area contributed by atoms with Crippen LogP contribution in [-0.4, -0.2) is 59.9 Å². The third-order valence-electron chi connectivity index (χ3n) is 2.97. The highest BCUT2D eigenvalue weighted by atomic mass is 16.6. The number of hydrogen-bond donors (Lipinski definition) is 1. The standard InChI is InChI=1S/C14H25NO5/c1-14(2,3)20-13(18)6-9-19-11-4-7-15(8-5-11)10-12(16)17/h11H,4-10H2,1-3H3,(H,16,17). The Balaban J connectivity index is 2.12. The lowest BCUT2D eigenvalue weighted by atomic mass is 10.1. The molecule has 0 aromatic heterocycles. The minimum Gasteiger partial charge on any atom is -0.480 e. The first-order valence-corrected chi connectivity index (χ1v) is 7.04. The quantitative estimate of drug-likeness (QED) is 0.742. The number of hydrogen-bond acceptors (Lipinski definition) is 5. The molecule has 0 spiro atoms. The number of esters is 1. The fourth-order valence-corrected chi connectivity index (χ4v) is 2.13. The van der Waals surface area contributed by atoms with Crippen LogP contribution in [0.2, 0.25) is 0 Å². The lowest BCUT2D eigenvalue weighted by Crippen LogP contribution is -2.40. The SMILES string of the molecule is CC(C)(C)OC(=O)CCOC1CCN(CC(=O)O)CC1. The van der Waals surface area contributed by atoms with Crippen molar-refractivity contribution in [3.8, 4) is 0 Å². The summed E-state index contributed by atoms with van der Waals surface area (Å²) in [6.45, 7) is 7.41. The monoisotopic (exact) mass is 287 g/mol. The fourth-order valence-electron chi connectivity index (χ4n) is 2.13. The molecule has 6 heteroatoms. The van der Waals surface area contributed by atoms with Gasteiger partial charge in [0.05, 0.1) is 25.7 Å². The lowest BCUT2D eigenvalue weighted by molar-refractivity contribution is -0.156. The van der Waals surface area contributed by atoms with Crippen LogP contribution in [-0.2, 0) is 19.1 Å². The van der Waals surface area contributed by atoms with Crippen LogP contribution < -0.4 is 0 Å². The van der Waals surface area contributed by atoms with Gasteiger partial charge in [0, 0.05) is 13.1 Å². The van der Waals surface area contributed by atoms with Crippen LogP contribution in [0.3, 0.4) is 0 Å². The maximum atomic E-state index is 11.5. The molecule has 1 aliphatic rings. The Morgan fingerprint density at radius 1 is 1.25 bits per heavy atom. The van der Waals surface area contributed by atoms with E-state index in [1.54, 1.807) is 0 Å². The third kappa shape index (κ3) is 7.45. The molecular weight excluding hydrogens is 262 g/mol. The normalized spacial score (nSPS) is 17.9. The second-order valence-electron chi connectivity index (χ2n) is 6.08. The van der Waals surface area contributed by atoms with Crippen molar-refractivity contribution in [2.75, 3.05) is 26.2 Å². The van der Waals surface area contributed by atoms with Crippen LogP contribution in [0.25, 0.3) is 0 Å². The van der Waals surface area contributed by atoms with Gasteiger partial charge in [0.1, 0.15) is 5.60 Å². The molecule has 0 aromatic carbocycles. The van der Waals surface area contributed by atoms with Crippen molar-refractivity contribution in [2.45, 2.75) is 51.7 Å². The molecule has 1 rings (SSSR count). The highest BCUT2D eigenvalue weighted by molar-refractivity contribution is 5.70. The van der Waals surface area contributed by atoms with Crippen molar-refractivity contribution in [3.05, 3.63) is 0 Å². The number of carboxylic acid groups (broad SMARTS) is 1. The molecule has 20 heavy (non-hydrogen) atoms. The van der Waals surface area contributed by atoms with Gasteiger partial charge in [0.15, 0.2) is 0 Å². The lowest BCUT2D eigenvalue weighted by Gasteiger charge is -2.30. The Labute approximate surface area is 120 Å². The zero-order valence-corrected chi connectivity index (χ0v) is 12.6. The van der Waals surface area contributed by atoms with Gasteiger partial charge in [-0.05, 0) is 33.6 Å². The van der Waals surface area contributed by atoms with Gasteiger partial charge in [-0.15, -0.1) is 0 Å². The van der Waals surface area contributed by atoms with E-state index in [0.29, 0.717) is 6.61 Å². The molecule has 0 radical (unpaired) electrons. The maximum Gasteiger partial charge on any atom is 0.317 e. The molecule has 0 saturated carbocycles.